The summed E-state index contributed by atoms with van der Waals surface area (Å²) >= 11 is 0. The number of unbranched alkanes of at least 4 members (excludes halogenated alkanes) is 1. The fourth-order valence-corrected chi connectivity index (χ4v) is 2.02. The van der Waals surface area contributed by atoms with Gasteiger partial charge >= 0.3 is 0 Å². The molecule has 1 heteroatoms. The van der Waals surface area contributed by atoms with Crippen LogP contribution >= 0.6 is 0 Å². The second-order valence-electron chi connectivity index (χ2n) is 4.03. The molecule has 0 aliphatic heterocycles. The summed E-state index contributed by atoms with van der Waals surface area (Å²) in [5, 5.41) is 1.30. The molecule has 1 aromatic heterocycles. The van der Waals surface area contributed by atoms with Crippen LogP contribution in [0, 0.1) is 0 Å². The predicted octanol–water partition coefficient (Wildman–Crippen LogP) is 3.57. The third-order valence-corrected chi connectivity index (χ3v) is 2.92. The van der Waals surface area contributed by atoms with Crippen molar-refractivity contribution in [3.8, 4) is 0 Å². The molecule has 1 nitrogen and oxygen atoms in total. The molecule has 0 fully saturated rings. The molecule has 0 aliphatic carbocycles. The van der Waals surface area contributed by atoms with Crippen LogP contribution in [-0.2, 0) is 6.54 Å². The summed E-state index contributed by atoms with van der Waals surface area (Å²) in [6, 6.07) is 12.8. The van der Waals surface area contributed by atoms with Crippen molar-refractivity contribution < 1.29 is 4.57 Å². The number of nitrogens with zero attached hydrogens (tertiary/aromatic N) is 1. The van der Waals surface area contributed by atoms with E-state index in [0.717, 1.165) is 6.54 Å². The predicted molar refractivity (Wildman–Crippen MR) is 69.1 cm³/mol. The Labute approximate surface area is 97.0 Å². The quantitative estimate of drug-likeness (QED) is 0.682. The van der Waals surface area contributed by atoms with Crippen molar-refractivity contribution in [2.24, 2.45) is 0 Å². The molecule has 0 atom stereocenters. The molecule has 2 rings (SSSR count). The third-order valence-electron chi connectivity index (χ3n) is 2.92. The molecule has 0 N–H and O–H groups in total. The minimum absolute atomic E-state index is 1.07. The maximum Gasteiger partial charge on any atom is 0.212 e. The number of aromatic nitrogens is 1. The second-order valence-corrected chi connectivity index (χ2v) is 4.03. The highest BCUT2D eigenvalue weighted by Crippen LogP contribution is 2.11. The minimum atomic E-state index is 1.07. The highest BCUT2D eigenvalue weighted by Gasteiger charge is 2.11. The molecular formula is C15H18N+. The van der Waals surface area contributed by atoms with Gasteiger partial charge in [-0.25, -0.2) is 0 Å². The zero-order chi connectivity index (χ0) is 11.4. The van der Waals surface area contributed by atoms with Crippen molar-refractivity contribution in [1.29, 1.82) is 0 Å². The van der Waals surface area contributed by atoms with E-state index in [4.69, 9.17) is 0 Å². The Balaban J connectivity index is 2.58. The average molecular weight is 212 g/mol. The summed E-state index contributed by atoms with van der Waals surface area (Å²) in [4.78, 5) is 0. The second kappa shape index (κ2) is 4.93. The van der Waals surface area contributed by atoms with Gasteiger partial charge in [-0.15, -0.1) is 0 Å². The van der Waals surface area contributed by atoms with Gasteiger partial charge in [0.15, 0.2) is 0 Å². The van der Waals surface area contributed by atoms with E-state index in [9.17, 15) is 0 Å². The van der Waals surface area contributed by atoms with Crippen molar-refractivity contribution in [2.75, 3.05) is 0 Å². The van der Waals surface area contributed by atoms with Crippen molar-refractivity contribution in [3.05, 3.63) is 48.7 Å². The Bertz CT molecular complexity index is 500. The molecule has 1 heterocycles. The first-order chi connectivity index (χ1) is 7.86. The smallest absolute Gasteiger partial charge is 0.192 e. The van der Waals surface area contributed by atoms with E-state index in [2.05, 4.69) is 54.5 Å². The number of benzene rings is 1. The maximum atomic E-state index is 3.89. The van der Waals surface area contributed by atoms with Crippen LogP contribution in [0.25, 0.3) is 17.0 Å². The van der Waals surface area contributed by atoms with Crippen molar-refractivity contribution in [2.45, 2.75) is 26.3 Å². The van der Waals surface area contributed by atoms with Crippen LogP contribution in [0.15, 0.2) is 43.0 Å². The van der Waals surface area contributed by atoms with Gasteiger partial charge in [0.25, 0.3) is 0 Å². The lowest BCUT2D eigenvalue weighted by atomic mass is 10.1. The van der Waals surface area contributed by atoms with Gasteiger partial charge in [-0.2, -0.15) is 4.57 Å². The van der Waals surface area contributed by atoms with Crippen molar-refractivity contribution in [1.82, 2.24) is 0 Å². The monoisotopic (exact) mass is 212 g/mol. The normalized spacial score (nSPS) is 10.6. The summed E-state index contributed by atoms with van der Waals surface area (Å²) in [5.74, 6) is 0. The number of hydrogen-bond acceptors (Lipinski definition) is 0. The molecule has 16 heavy (non-hydrogen) atoms. The van der Waals surface area contributed by atoms with Gasteiger partial charge in [0, 0.05) is 30.0 Å². The van der Waals surface area contributed by atoms with E-state index in [1.54, 1.807) is 0 Å². The highest BCUT2D eigenvalue weighted by molar-refractivity contribution is 5.75. The minimum Gasteiger partial charge on any atom is -0.192 e. The Kier molecular flexibility index (Phi) is 3.35. The molecule has 2 aromatic rings. The van der Waals surface area contributed by atoms with Gasteiger partial charge in [0.1, 0.15) is 6.54 Å². The van der Waals surface area contributed by atoms with Gasteiger partial charge in [-0.3, -0.25) is 0 Å². The van der Waals surface area contributed by atoms with Gasteiger partial charge in [0.2, 0.25) is 11.2 Å². The maximum absolute atomic E-state index is 3.89. The van der Waals surface area contributed by atoms with Crippen molar-refractivity contribution >= 4 is 17.0 Å². The Morgan fingerprint density at radius 1 is 1.19 bits per heavy atom. The highest BCUT2D eigenvalue weighted by atomic mass is 15.0. The SMILES string of the molecule is C=Cc1ccc2ccccc2[n+]1CCCC. The first-order valence-corrected chi connectivity index (χ1v) is 5.91. The van der Waals surface area contributed by atoms with E-state index < -0.39 is 0 Å². The topological polar surface area (TPSA) is 3.88 Å². The summed E-state index contributed by atoms with van der Waals surface area (Å²) in [6.45, 7) is 7.18. The lowest BCUT2D eigenvalue weighted by molar-refractivity contribution is -0.673. The van der Waals surface area contributed by atoms with Gasteiger partial charge < -0.3 is 0 Å². The third kappa shape index (κ3) is 1.99. The average Bonchev–Trinajstić information content (AvgIpc) is 2.35. The van der Waals surface area contributed by atoms with E-state index in [0.29, 0.717) is 0 Å². The molecule has 0 spiro atoms. The molecule has 0 aliphatic rings. The number of rotatable bonds is 4. The van der Waals surface area contributed by atoms with Crippen LogP contribution in [0.1, 0.15) is 25.5 Å². The number of hydrogen-bond donors (Lipinski definition) is 0. The molecule has 0 bridgehead atoms. The molecule has 1 aromatic carbocycles. The lowest BCUT2D eigenvalue weighted by Gasteiger charge is -2.04. The van der Waals surface area contributed by atoms with Crippen LogP contribution in [0.5, 0.6) is 0 Å². The van der Waals surface area contributed by atoms with Gasteiger partial charge in [0.05, 0.1) is 0 Å². The largest absolute Gasteiger partial charge is 0.212 e. The van der Waals surface area contributed by atoms with E-state index >= 15 is 0 Å². The summed E-state index contributed by atoms with van der Waals surface area (Å²) < 4.78 is 2.35. The number of fused-ring (bicyclic) bond motifs is 1. The molecule has 0 unspecified atom stereocenters. The zero-order valence-electron chi connectivity index (χ0n) is 9.82. The summed E-state index contributed by atoms with van der Waals surface area (Å²) in [6.07, 6.45) is 4.36. The van der Waals surface area contributed by atoms with Gasteiger partial charge in [-0.1, -0.05) is 32.1 Å². The molecule has 0 radical (unpaired) electrons. The Hall–Kier alpha value is -1.63. The van der Waals surface area contributed by atoms with E-state index in [1.807, 2.05) is 6.08 Å². The molecule has 0 saturated carbocycles. The Morgan fingerprint density at radius 3 is 2.75 bits per heavy atom. The Morgan fingerprint density at radius 2 is 2.00 bits per heavy atom. The van der Waals surface area contributed by atoms with Crippen LogP contribution in [0.3, 0.4) is 0 Å². The van der Waals surface area contributed by atoms with Crippen molar-refractivity contribution in [3.63, 3.8) is 0 Å². The number of pyridine rings is 1. The number of para-hydroxylation sites is 1. The fraction of sp³-hybridized carbons (Fsp3) is 0.267. The molecule has 0 saturated heterocycles. The molecule has 0 amide bonds. The van der Waals surface area contributed by atoms with Crippen LogP contribution in [0.4, 0.5) is 0 Å². The number of aryl methyl sites for hydroxylation is 1. The van der Waals surface area contributed by atoms with Crippen LogP contribution in [0.2, 0.25) is 0 Å². The van der Waals surface area contributed by atoms with Crippen LogP contribution < -0.4 is 4.57 Å². The van der Waals surface area contributed by atoms with Crippen LogP contribution in [-0.4, -0.2) is 0 Å². The molecular weight excluding hydrogens is 194 g/mol. The summed E-state index contributed by atoms with van der Waals surface area (Å²) in [5.41, 5.74) is 2.50. The molecule has 82 valence electrons. The standard InChI is InChI=1S/C15H18N/c1-3-5-12-16-14(4-2)11-10-13-8-6-7-9-15(13)16/h4,6-11H,2-3,5,12H2,1H3/q+1. The van der Waals surface area contributed by atoms with E-state index in [1.165, 1.54) is 29.4 Å². The van der Waals surface area contributed by atoms with E-state index in [-0.39, 0.29) is 0 Å². The summed E-state index contributed by atoms with van der Waals surface area (Å²) in [7, 11) is 0. The first-order valence-electron chi connectivity index (χ1n) is 5.91. The lowest BCUT2D eigenvalue weighted by Crippen LogP contribution is -2.37. The van der Waals surface area contributed by atoms with Gasteiger partial charge in [-0.05, 0) is 12.1 Å². The fourth-order valence-electron chi connectivity index (χ4n) is 2.02. The first kappa shape index (κ1) is 10.9. The zero-order valence-corrected chi connectivity index (χ0v) is 9.82.